The lowest BCUT2D eigenvalue weighted by Gasteiger charge is -2.17. The number of benzene rings is 2. The Bertz CT molecular complexity index is 913. The SMILES string of the molecule is O=C1c2ccccc2C(=O)N1c1ccccc1-n1cc(Cl)cn1. The van der Waals surface area contributed by atoms with Gasteiger partial charge in [-0.25, -0.2) is 9.58 Å². The standard InChI is InChI=1S/C17H10ClN3O2/c18-11-9-19-20(10-11)14-7-3-4-8-15(14)21-16(22)12-5-1-2-6-13(12)17(21)23/h1-10H. The molecule has 0 aliphatic carbocycles. The third-order valence-corrected chi connectivity index (χ3v) is 3.91. The van der Waals surface area contributed by atoms with Crippen LogP contribution in [0.5, 0.6) is 0 Å². The number of aromatic nitrogens is 2. The molecular formula is C17H10ClN3O2. The molecule has 0 bridgehead atoms. The summed E-state index contributed by atoms with van der Waals surface area (Å²) < 4.78 is 1.54. The zero-order chi connectivity index (χ0) is 16.0. The van der Waals surface area contributed by atoms with Gasteiger partial charge in [0, 0.05) is 6.20 Å². The molecule has 0 radical (unpaired) electrons. The number of hydrogen-bond acceptors (Lipinski definition) is 3. The van der Waals surface area contributed by atoms with Gasteiger partial charge < -0.3 is 0 Å². The number of carbonyl (C=O) groups is 2. The second kappa shape index (κ2) is 5.07. The fourth-order valence-electron chi connectivity index (χ4n) is 2.69. The summed E-state index contributed by atoms with van der Waals surface area (Å²) in [6.07, 6.45) is 3.12. The van der Waals surface area contributed by atoms with Gasteiger partial charge in [0.2, 0.25) is 0 Å². The molecular weight excluding hydrogens is 314 g/mol. The molecule has 4 rings (SSSR count). The molecule has 0 N–H and O–H groups in total. The summed E-state index contributed by atoms with van der Waals surface area (Å²) in [6.45, 7) is 0. The van der Waals surface area contributed by atoms with Crippen LogP contribution in [0.3, 0.4) is 0 Å². The minimum Gasteiger partial charge on any atom is -0.268 e. The Kier molecular flexibility index (Phi) is 3.02. The molecule has 2 amide bonds. The van der Waals surface area contributed by atoms with Crippen LogP contribution in [0.15, 0.2) is 60.9 Å². The first-order valence-corrected chi connectivity index (χ1v) is 7.32. The van der Waals surface area contributed by atoms with E-state index in [-0.39, 0.29) is 11.8 Å². The predicted molar refractivity (Wildman–Crippen MR) is 86.2 cm³/mol. The second-order valence-electron chi connectivity index (χ2n) is 5.08. The molecule has 0 saturated carbocycles. The van der Waals surface area contributed by atoms with Crippen LogP contribution >= 0.6 is 11.6 Å². The van der Waals surface area contributed by atoms with Gasteiger partial charge in [0.25, 0.3) is 11.8 Å². The zero-order valence-electron chi connectivity index (χ0n) is 11.8. The van der Waals surface area contributed by atoms with Crippen LogP contribution in [-0.2, 0) is 0 Å². The number of hydrogen-bond donors (Lipinski definition) is 0. The van der Waals surface area contributed by atoms with Crippen molar-refractivity contribution in [3.63, 3.8) is 0 Å². The van der Waals surface area contributed by atoms with E-state index in [1.807, 2.05) is 6.07 Å². The minimum atomic E-state index is -0.337. The first-order chi connectivity index (χ1) is 11.2. The van der Waals surface area contributed by atoms with E-state index in [0.717, 1.165) is 0 Å². The van der Waals surface area contributed by atoms with Gasteiger partial charge in [-0.2, -0.15) is 5.10 Å². The molecule has 0 fully saturated rings. The fraction of sp³-hybridized carbons (Fsp3) is 0. The van der Waals surface area contributed by atoms with Crippen LogP contribution in [0.25, 0.3) is 5.69 Å². The number of nitrogens with zero attached hydrogens (tertiary/aromatic N) is 3. The molecule has 2 aromatic carbocycles. The second-order valence-corrected chi connectivity index (χ2v) is 5.52. The number of rotatable bonds is 2. The number of fused-ring (bicyclic) bond motifs is 1. The van der Waals surface area contributed by atoms with E-state index in [1.165, 1.54) is 11.1 Å². The quantitative estimate of drug-likeness (QED) is 0.680. The molecule has 23 heavy (non-hydrogen) atoms. The fourth-order valence-corrected chi connectivity index (χ4v) is 2.82. The molecule has 0 spiro atoms. The summed E-state index contributed by atoms with van der Waals surface area (Å²) in [5.41, 5.74) is 1.89. The highest BCUT2D eigenvalue weighted by molar-refractivity contribution is 6.35. The summed E-state index contributed by atoms with van der Waals surface area (Å²) in [5, 5.41) is 4.63. The summed E-state index contributed by atoms with van der Waals surface area (Å²) >= 11 is 5.92. The van der Waals surface area contributed by atoms with Gasteiger partial charge in [-0.1, -0.05) is 35.9 Å². The minimum absolute atomic E-state index is 0.337. The van der Waals surface area contributed by atoms with Crippen LogP contribution in [0.4, 0.5) is 5.69 Å². The topological polar surface area (TPSA) is 55.2 Å². The third kappa shape index (κ3) is 2.05. The number of carbonyl (C=O) groups excluding carboxylic acids is 2. The van der Waals surface area contributed by atoms with E-state index >= 15 is 0 Å². The molecule has 5 nitrogen and oxygen atoms in total. The molecule has 2 heterocycles. The van der Waals surface area contributed by atoms with Crippen LogP contribution < -0.4 is 4.90 Å². The van der Waals surface area contributed by atoms with E-state index in [9.17, 15) is 9.59 Å². The smallest absolute Gasteiger partial charge is 0.266 e. The van der Waals surface area contributed by atoms with E-state index < -0.39 is 0 Å². The van der Waals surface area contributed by atoms with Crippen molar-refractivity contribution in [1.29, 1.82) is 0 Å². The van der Waals surface area contributed by atoms with E-state index in [0.29, 0.717) is 27.5 Å². The lowest BCUT2D eigenvalue weighted by atomic mass is 10.1. The zero-order valence-corrected chi connectivity index (χ0v) is 12.6. The van der Waals surface area contributed by atoms with Gasteiger partial charge in [0.1, 0.15) is 0 Å². The highest BCUT2D eigenvalue weighted by Gasteiger charge is 2.37. The first kappa shape index (κ1) is 13.7. The van der Waals surface area contributed by atoms with Gasteiger partial charge in [-0.3, -0.25) is 9.59 Å². The average Bonchev–Trinajstić information content (AvgIpc) is 3.11. The van der Waals surface area contributed by atoms with Crippen LogP contribution in [0, 0.1) is 0 Å². The van der Waals surface area contributed by atoms with Crippen molar-refractivity contribution in [2.24, 2.45) is 0 Å². The van der Waals surface area contributed by atoms with Crippen LogP contribution in [-0.4, -0.2) is 21.6 Å². The Morgan fingerprint density at radius 1 is 0.826 bits per heavy atom. The number of imide groups is 1. The summed E-state index contributed by atoms with van der Waals surface area (Å²) in [6, 6.07) is 13.9. The molecule has 1 aromatic heterocycles. The lowest BCUT2D eigenvalue weighted by Crippen LogP contribution is -2.30. The molecule has 1 aliphatic rings. The maximum atomic E-state index is 12.6. The van der Waals surface area contributed by atoms with Crippen molar-refractivity contribution >= 4 is 29.1 Å². The predicted octanol–water partition coefficient (Wildman–Crippen LogP) is 3.33. The lowest BCUT2D eigenvalue weighted by molar-refractivity contribution is 0.0926. The molecule has 0 atom stereocenters. The van der Waals surface area contributed by atoms with Crippen molar-refractivity contribution in [2.75, 3.05) is 4.90 Å². The van der Waals surface area contributed by atoms with E-state index in [2.05, 4.69) is 5.10 Å². The third-order valence-electron chi connectivity index (χ3n) is 3.71. The Balaban J connectivity index is 1.87. The maximum Gasteiger partial charge on any atom is 0.266 e. The highest BCUT2D eigenvalue weighted by Crippen LogP contribution is 2.32. The van der Waals surface area contributed by atoms with Crippen LogP contribution in [0.1, 0.15) is 20.7 Å². The highest BCUT2D eigenvalue weighted by atomic mass is 35.5. The van der Waals surface area contributed by atoms with Crippen molar-refractivity contribution in [1.82, 2.24) is 9.78 Å². The maximum absolute atomic E-state index is 12.6. The number of para-hydroxylation sites is 2. The molecule has 0 unspecified atom stereocenters. The molecule has 6 heteroatoms. The summed E-state index contributed by atoms with van der Waals surface area (Å²) in [7, 11) is 0. The summed E-state index contributed by atoms with van der Waals surface area (Å²) in [5.74, 6) is -0.674. The normalized spacial score (nSPS) is 13.5. The molecule has 0 saturated heterocycles. The van der Waals surface area contributed by atoms with Gasteiger partial charge in [0.15, 0.2) is 0 Å². The van der Waals surface area contributed by atoms with Crippen LogP contribution in [0.2, 0.25) is 5.02 Å². The van der Waals surface area contributed by atoms with Gasteiger partial charge in [-0.05, 0) is 24.3 Å². The van der Waals surface area contributed by atoms with Gasteiger partial charge in [0.05, 0.1) is 33.7 Å². The number of amides is 2. The average molecular weight is 324 g/mol. The molecule has 112 valence electrons. The van der Waals surface area contributed by atoms with Crippen molar-refractivity contribution in [3.05, 3.63) is 77.1 Å². The largest absolute Gasteiger partial charge is 0.268 e. The number of halogens is 1. The van der Waals surface area contributed by atoms with E-state index in [4.69, 9.17) is 11.6 Å². The Hall–Kier alpha value is -2.92. The van der Waals surface area contributed by atoms with Gasteiger partial charge >= 0.3 is 0 Å². The van der Waals surface area contributed by atoms with Crippen molar-refractivity contribution in [3.8, 4) is 5.69 Å². The molecule has 1 aliphatic heterocycles. The number of anilines is 1. The Labute approximate surface area is 136 Å². The van der Waals surface area contributed by atoms with E-state index in [1.54, 1.807) is 53.3 Å². The Morgan fingerprint density at radius 2 is 1.39 bits per heavy atom. The van der Waals surface area contributed by atoms with Crippen molar-refractivity contribution in [2.45, 2.75) is 0 Å². The van der Waals surface area contributed by atoms with Gasteiger partial charge in [-0.15, -0.1) is 0 Å². The Morgan fingerprint density at radius 3 is 1.96 bits per heavy atom. The first-order valence-electron chi connectivity index (χ1n) is 6.94. The monoisotopic (exact) mass is 323 g/mol. The molecule has 3 aromatic rings. The van der Waals surface area contributed by atoms with Crippen molar-refractivity contribution < 1.29 is 9.59 Å². The summed E-state index contributed by atoms with van der Waals surface area (Å²) in [4.78, 5) is 26.5.